The fourth-order valence-corrected chi connectivity index (χ4v) is 3.29. The van der Waals surface area contributed by atoms with Crippen molar-refractivity contribution in [1.82, 2.24) is 15.5 Å². The van der Waals surface area contributed by atoms with Crippen molar-refractivity contribution in [2.75, 3.05) is 32.8 Å². The third-order valence-electron chi connectivity index (χ3n) is 5.27. The van der Waals surface area contributed by atoms with Gasteiger partial charge in [0.15, 0.2) is 5.96 Å². The van der Waals surface area contributed by atoms with Crippen LogP contribution in [-0.2, 0) is 11.2 Å². The third kappa shape index (κ3) is 7.44. The van der Waals surface area contributed by atoms with Crippen LogP contribution in [0.1, 0.15) is 52.2 Å². The predicted octanol–water partition coefficient (Wildman–Crippen LogP) is 3.41. The maximum absolute atomic E-state index is 11.9. The van der Waals surface area contributed by atoms with Crippen LogP contribution in [-0.4, -0.2) is 55.8 Å². The smallest absolute Gasteiger partial charge is 0.409 e. The van der Waals surface area contributed by atoms with Crippen molar-refractivity contribution in [1.29, 1.82) is 0 Å². The summed E-state index contributed by atoms with van der Waals surface area (Å²) in [6.45, 7) is 9.70. The van der Waals surface area contributed by atoms with Gasteiger partial charge < -0.3 is 24.7 Å². The maximum Gasteiger partial charge on any atom is 0.409 e. The highest BCUT2D eigenvalue weighted by atomic mass is 16.6. The summed E-state index contributed by atoms with van der Waals surface area (Å²) >= 11 is 0. The molecule has 1 aliphatic rings. The SMILES string of the molecule is CCOC(=O)N1CCC(NC(=NCC(CC)CC)NCCc2ccco2)CC1. The zero-order chi connectivity index (χ0) is 20.2. The van der Waals surface area contributed by atoms with Crippen molar-refractivity contribution in [3.8, 4) is 0 Å². The van der Waals surface area contributed by atoms with E-state index in [9.17, 15) is 4.79 Å². The highest BCUT2D eigenvalue weighted by Gasteiger charge is 2.24. The van der Waals surface area contributed by atoms with Crippen LogP contribution in [0.2, 0.25) is 0 Å². The summed E-state index contributed by atoms with van der Waals surface area (Å²) in [5.41, 5.74) is 0. The van der Waals surface area contributed by atoms with Gasteiger partial charge in [-0.05, 0) is 37.8 Å². The standard InChI is InChI=1S/C21H36N4O3/c1-4-17(5-2)16-23-20(22-12-9-19-8-7-15-28-19)24-18-10-13-25(14-11-18)21(26)27-6-3/h7-8,15,17-18H,4-6,9-14,16H2,1-3H3,(H2,22,23,24). The second-order valence-electron chi connectivity index (χ2n) is 7.23. The lowest BCUT2D eigenvalue weighted by atomic mass is 10.0. The van der Waals surface area contributed by atoms with Crippen molar-refractivity contribution in [2.24, 2.45) is 10.9 Å². The van der Waals surface area contributed by atoms with Crippen molar-refractivity contribution >= 4 is 12.1 Å². The van der Waals surface area contributed by atoms with Crippen molar-refractivity contribution < 1.29 is 13.9 Å². The Morgan fingerprint density at radius 3 is 2.68 bits per heavy atom. The molecule has 0 bridgehead atoms. The van der Waals surface area contributed by atoms with E-state index in [4.69, 9.17) is 14.1 Å². The average Bonchev–Trinajstić information content (AvgIpc) is 3.22. The number of piperidine rings is 1. The topological polar surface area (TPSA) is 79.1 Å². The first-order valence-electron chi connectivity index (χ1n) is 10.6. The molecular formula is C21H36N4O3. The Kier molecular flexibility index (Phi) is 9.72. The molecule has 0 aliphatic carbocycles. The van der Waals surface area contributed by atoms with E-state index in [-0.39, 0.29) is 6.09 Å². The molecule has 0 saturated carbocycles. The number of likely N-dealkylation sites (tertiary alicyclic amines) is 1. The number of nitrogens with zero attached hydrogens (tertiary/aromatic N) is 2. The van der Waals surface area contributed by atoms with Gasteiger partial charge in [0, 0.05) is 38.6 Å². The summed E-state index contributed by atoms with van der Waals surface area (Å²) in [5.74, 6) is 2.43. The first kappa shape index (κ1) is 22.1. The minimum Gasteiger partial charge on any atom is -0.469 e. The molecule has 0 radical (unpaired) electrons. The Morgan fingerprint density at radius 1 is 1.32 bits per heavy atom. The molecule has 2 N–H and O–H groups in total. The molecule has 1 aromatic heterocycles. The number of hydrogen-bond acceptors (Lipinski definition) is 4. The fourth-order valence-electron chi connectivity index (χ4n) is 3.29. The summed E-state index contributed by atoms with van der Waals surface area (Å²) in [7, 11) is 0. The fraction of sp³-hybridized carbons (Fsp3) is 0.714. The van der Waals surface area contributed by atoms with Gasteiger partial charge in [0.2, 0.25) is 0 Å². The molecule has 1 aliphatic heterocycles. The van der Waals surface area contributed by atoms with E-state index in [0.717, 1.165) is 56.9 Å². The molecule has 2 rings (SSSR count). The van der Waals surface area contributed by atoms with E-state index >= 15 is 0 Å². The highest BCUT2D eigenvalue weighted by Crippen LogP contribution is 2.12. The summed E-state index contributed by atoms with van der Waals surface area (Å²) < 4.78 is 10.5. The van der Waals surface area contributed by atoms with Crippen molar-refractivity contribution in [3.05, 3.63) is 24.2 Å². The summed E-state index contributed by atoms with van der Waals surface area (Å²) in [4.78, 5) is 18.5. The van der Waals surface area contributed by atoms with Gasteiger partial charge >= 0.3 is 6.09 Å². The van der Waals surface area contributed by atoms with Crippen molar-refractivity contribution in [3.63, 3.8) is 0 Å². The maximum atomic E-state index is 11.9. The number of hydrogen-bond donors (Lipinski definition) is 2. The highest BCUT2D eigenvalue weighted by molar-refractivity contribution is 5.80. The Bertz CT molecular complexity index is 576. The predicted molar refractivity (Wildman–Crippen MR) is 112 cm³/mol. The minimum atomic E-state index is -0.208. The van der Waals surface area contributed by atoms with E-state index in [1.807, 2.05) is 19.1 Å². The largest absolute Gasteiger partial charge is 0.469 e. The van der Waals surface area contributed by atoms with Crippen LogP contribution >= 0.6 is 0 Å². The van der Waals surface area contributed by atoms with E-state index < -0.39 is 0 Å². The number of carbonyl (C=O) groups excluding carboxylic acids is 1. The molecule has 158 valence electrons. The average molecular weight is 393 g/mol. The molecule has 7 heteroatoms. The monoisotopic (exact) mass is 392 g/mol. The van der Waals surface area contributed by atoms with Gasteiger partial charge in [-0.15, -0.1) is 0 Å². The zero-order valence-corrected chi connectivity index (χ0v) is 17.6. The number of aliphatic imine (C=N–C) groups is 1. The minimum absolute atomic E-state index is 0.208. The first-order valence-corrected chi connectivity index (χ1v) is 10.6. The molecule has 7 nitrogen and oxygen atoms in total. The Hall–Kier alpha value is -2.18. The number of carbonyl (C=O) groups is 1. The molecule has 1 fully saturated rings. The Balaban J connectivity index is 1.85. The van der Waals surface area contributed by atoms with Crippen LogP contribution in [0.5, 0.6) is 0 Å². The van der Waals surface area contributed by atoms with Crippen LogP contribution in [0.4, 0.5) is 4.79 Å². The van der Waals surface area contributed by atoms with E-state index in [2.05, 4.69) is 24.5 Å². The number of guanidine groups is 1. The van der Waals surface area contributed by atoms with Gasteiger partial charge in [-0.25, -0.2) is 4.79 Å². The molecule has 0 spiro atoms. The van der Waals surface area contributed by atoms with Crippen LogP contribution in [0.25, 0.3) is 0 Å². The lowest BCUT2D eigenvalue weighted by molar-refractivity contribution is 0.0963. The number of nitrogens with one attached hydrogen (secondary N) is 2. The first-order chi connectivity index (χ1) is 13.7. The molecule has 0 atom stereocenters. The molecule has 1 saturated heterocycles. The van der Waals surface area contributed by atoms with Gasteiger partial charge in [-0.2, -0.15) is 0 Å². The van der Waals surface area contributed by atoms with Gasteiger partial charge in [0.25, 0.3) is 0 Å². The quantitative estimate of drug-likeness (QED) is 0.497. The third-order valence-corrected chi connectivity index (χ3v) is 5.27. The molecule has 1 aromatic rings. The van der Waals surface area contributed by atoms with E-state index in [1.54, 1.807) is 11.2 Å². The molecule has 1 amide bonds. The van der Waals surface area contributed by atoms with Crippen molar-refractivity contribution in [2.45, 2.75) is 58.9 Å². The summed E-state index contributed by atoms with van der Waals surface area (Å²) in [5, 5.41) is 7.00. The van der Waals surface area contributed by atoms with Crippen LogP contribution in [0.15, 0.2) is 27.8 Å². The Morgan fingerprint density at radius 2 is 2.07 bits per heavy atom. The zero-order valence-electron chi connectivity index (χ0n) is 17.6. The van der Waals surface area contributed by atoms with Crippen LogP contribution < -0.4 is 10.6 Å². The molecular weight excluding hydrogens is 356 g/mol. The summed E-state index contributed by atoms with van der Waals surface area (Å²) in [6, 6.07) is 4.20. The van der Waals surface area contributed by atoms with Crippen LogP contribution in [0, 0.1) is 5.92 Å². The van der Waals surface area contributed by atoms with Gasteiger partial charge in [-0.1, -0.05) is 26.7 Å². The lowest BCUT2D eigenvalue weighted by Crippen LogP contribution is -2.50. The lowest BCUT2D eigenvalue weighted by Gasteiger charge is -2.32. The summed E-state index contributed by atoms with van der Waals surface area (Å²) in [6.07, 6.45) is 6.37. The molecule has 28 heavy (non-hydrogen) atoms. The van der Waals surface area contributed by atoms with Gasteiger partial charge in [-0.3, -0.25) is 4.99 Å². The molecule has 2 heterocycles. The number of amides is 1. The second-order valence-corrected chi connectivity index (χ2v) is 7.23. The van der Waals surface area contributed by atoms with E-state index in [0.29, 0.717) is 31.7 Å². The normalized spacial score (nSPS) is 15.7. The number of rotatable bonds is 9. The number of ether oxygens (including phenoxy) is 1. The van der Waals surface area contributed by atoms with Gasteiger partial charge in [0.05, 0.1) is 12.9 Å². The molecule has 0 unspecified atom stereocenters. The van der Waals surface area contributed by atoms with Gasteiger partial charge in [0.1, 0.15) is 5.76 Å². The number of furan rings is 1. The Labute approximate surface area is 168 Å². The second kappa shape index (κ2) is 12.3. The van der Waals surface area contributed by atoms with E-state index in [1.165, 1.54) is 0 Å². The molecule has 0 aromatic carbocycles. The van der Waals surface area contributed by atoms with Crippen LogP contribution in [0.3, 0.4) is 0 Å².